The molecule has 4 nitrogen and oxygen atoms in total. The molecule has 5 heteroatoms. The van der Waals surface area contributed by atoms with Crippen LogP contribution in [0.4, 0.5) is 0 Å². The molecule has 1 atom stereocenters. The molecule has 0 bridgehead atoms. The standard InChI is InChI=1S/C19H24N2O2S/c1-14(22)16-9-11-21(12-10-16)19(23)17-13-24-18(20-17)8-7-15-5-3-2-4-6-15/h2-6,13-14,16,22H,7-12H2,1H3. The summed E-state index contributed by atoms with van der Waals surface area (Å²) in [5.41, 5.74) is 1.86. The SMILES string of the molecule is CC(O)C1CCN(C(=O)c2csc(CCc3ccccc3)n2)CC1. The van der Waals surface area contributed by atoms with Gasteiger partial charge in [0.05, 0.1) is 11.1 Å². The van der Waals surface area contributed by atoms with Crippen LogP contribution in [-0.4, -0.2) is 40.1 Å². The van der Waals surface area contributed by atoms with Crippen molar-refractivity contribution in [2.24, 2.45) is 5.92 Å². The normalized spacial score (nSPS) is 17.0. The van der Waals surface area contributed by atoms with Gasteiger partial charge in [0.15, 0.2) is 0 Å². The Morgan fingerprint density at radius 1 is 1.29 bits per heavy atom. The highest BCUT2D eigenvalue weighted by Crippen LogP contribution is 2.22. The first-order chi connectivity index (χ1) is 11.6. The summed E-state index contributed by atoms with van der Waals surface area (Å²) in [5.74, 6) is 0.340. The Kier molecular flexibility index (Phi) is 5.63. The zero-order chi connectivity index (χ0) is 16.9. The lowest BCUT2D eigenvalue weighted by atomic mass is 9.92. The summed E-state index contributed by atoms with van der Waals surface area (Å²) in [4.78, 5) is 19.0. The van der Waals surface area contributed by atoms with Gasteiger partial charge < -0.3 is 10.0 Å². The second-order valence-electron chi connectivity index (χ2n) is 6.48. The van der Waals surface area contributed by atoms with Gasteiger partial charge in [-0.1, -0.05) is 30.3 Å². The largest absolute Gasteiger partial charge is 0.393 e. The highest BCUT2D eigenvalue weighted by atomic mass is 32.1. The summed E-state index contributed by atoms with van der Waals surface area (Å²) in [6, 6.07) is 10.3. The van der Waals surface area contributed by atoms with Gasteiger partial charge in [0.2, 0.25) is 0 Å². The van der Waals surface area contributed by atoms with Gasteiger partial charge in [0.25, 0.3) is 5.91 Å². The zero-order valence-corrected chi connectivity index (χ0v) is 14.8. The van der Waals surface area contributed by atoms with E-state index in [-0.39, 0.29) is 12.0 Å². The van der Waals surface area contributed by atoms with Crippen molar-refractivity contribution in [3.8, 4) is 0 Å². The maximum absolute atomic E-state index is 12.6. The molecule has 1 aromatic heterocycles. The number of aliphatic hydroxyl groups is 1. The van der Waals surface area contributed by atoms with Crippen molar-refractivity contribution in [2.75, 3.05) is 13.1 Å². The number of amides is 1. The summed E-state index contributed by atoms with van der Waals surface area (Å²) in [5, 5.41) is 12.6. The Balaban J connectivity index is 1.54. The van der Waals surface area contributed by atoms with Crippen molar-refractivity contribution in [2.45, 2.75) is 38.7 Å². The van der Waals surface area contributed by atoms with E-state index < -0.39 is 0 Å². The number of thiazole rings is 1. The molecule has 24 heavy (non-hydrogen) atoms. The Hall–Kier alpha value is -1.72. The van der Waals surface area contributed by atoms with Crippen LogP contribution >= 0.6 is 11.3 Å². The lowest BCUT2D eigenvalue weighted by Crippen LogP contribution is -2.40. The lowest BCUT2D eigenvalue weighted by molar-refractivity contribution is 0.0517. The number of aromatic nitrogens is 1. The average Bonchev–Trinajstić information content (AvgIpc) is 3.09. The Morgan fingerprint density at radius 3 is 2.67 bits per heavy atom. The summed E-state index contributed by atoms with van der Waals surface area (Å²) >= 11 is 1.57. The second kappa shape index (κ2) is 7.90. The van der Waals surface area contributed by atoms with Crippen molar-refractivity contribution < 1.29 is 9.90 Å². The van der Waals surface area contributed by atoms with Crippen LogP contribution in [0.3, 0.4) is 0 Å². The minimum atomic E-state index is -0.286. The van der Waals surface area contributed by atoms with Crippen LogP contribution < -0.4 is 0 Å². The fourth-order valence-electron chi connectivity index (χ4n) is 3.17. The van der Waals surface area contributed by atoms with Gasteiger partial charge >= 0.3 is 0 Å². The molecule has 1 unspecified atom stereocenters. The number of hydrogen-bond donors (Lipinski definition) is 1. The number of rotatable bonds is 5. The number of likely N-dealkylation sites (tertiary alicyclic amines) is 1. The van der Waals surface area contributed by atoms with Gasteiger partial charge in [-0.2, -0.15) is 0 Å². The molecule has 1 aliphatic rings. The van der Waals surface area contributed by atoms with Crippen molar-refractivity contribution >= 4 is 17.2 Å². The van der Waals surface area contributed by atoms with E-state index in [1.54, 1.807) is 11.3 Å². The number of nitrogens with zero attached hydrogens (tertiary/aromatic N) is 2. The number of carbonyl (C=O) groups excluding carboxylic acids is 1. The molecule has 1 saturated heterocycles. The van der Waals surface area contributed by atoms with Gasteiger partial charge in [-0.3, -0.25) is 4.79 Å². The summed E-state index contributed by atoms with van der Waals surface area (Å²) < 4.78 is 0. The Bertz CT molecular complexity index is 661. The van der Waals surface area contributed by atoms with Crippen LogP contribution in [0.1, 0.15) is 40.8 Å². The third kappa shape index (κ3) is 4.22. The molecule has 128 valence electrons. The lowest BCUT2D eigenvalue weighted by Gasteiger charge is -2.32. The van der Waals surface area contributed by atoms with Crippen LogP contribution in [0.5, 0.6) is 0 Å². The molecule has 1 N–H and O–H groups in total. The average molecular weight is 344 g/mol. The van der Waals surface area contributed by atoms with Crippen molar-refractivity contribution in [1.29, 1.82) is 0 Å². The molecule has 3 rings (SSSR count). The van der Waals surface area contributed by atoms with E-state index in [0.29, 0.717) is 24.7 Å². The highest BCUT2D eigenvalue weighted by Gasteiger charge is 2.27. The number of benzene rings is 1. The first-order valence-corrected chi connectivity index (χ1v) is 9.47. The monoisotopic (exact) mass is 344 g/mol. The molecular formula is C19H24N2O2S. The van der Waals surface area contributed by atoms with E-state index in [1.807, 2.05) is 35.4 Å². The van der Waals surface area contributed by atoms with Crippen molar-refractivity contribution in [3.63, 3.8) is 0 Å². The van der Waals surface area contributed by atoms with E-state index in [4.69, 9.17) is 0 Å². The quantitative estimate of drug-likeness (QED) is 0.906. The third-order valence-corrected chi connectivity index (χ3v) is 5.66. The molecule has 1 aliphatic heterocycles. The number of hydrogen-bond acceptors (Lipinski definition) is 4. The van der Waals surface area contributed by atoms with E-state index in [1.165, 1.54) is 5.56 Å². The van der Waals surface area contributed by atoms with E-state index in [9.17, 15) is 9.90 Å². The fraction of sp³-hybridized carbons (Fsp3) is 0.474. The Labute approximate surface area is 147 Å². The molecular weight excluding hydrogens is 320 g/mol. The van der Waals surface area contributed by atoms with E-state index >= 15 is 0 Å². The summed E-state index contributed by atoms with van der Waals surface area (Å²) in [7, 11) is 0. The van der Waals surface area contributed by atoms with Gasteiger partial charge in [-0.25, -0.2) is 4.98 Å². The van der Waals surface area contributed by atoms with Crippen LogP contribution in [-0.2, 0) is 12.8 Å². The van der Waals surface area contributed by atoms with Crippen molar-refractivity contribution in [3.05, 3.63) is 52.0 Å². The number of piperidine rings is 1. The molecule has 1 amide bonds. The van der Waals surface area contributed by atoms with E-state index in [2.05, 4.69) is 17.1 Å². The van der Waals surface area contributed by atoms with Crippen LogP contribution in [0, 0.1) is 5.92 Å². The predicted octanol–water partition coefficient (Wildman–Crippen LogP) is 3.16. The summed E-state index contributed by atoms with van der Waals surface area (Å²) in [6.45, 7) is 3.26. The molecule has 0 radical (unpaired) electrons. The maximum atomic E-state index is 12.6. The molecule has 1 aromatic carbocycles. The zero-order valence-electron chi connectivity index (χ0n) is 14.0. The van der Waals surface area contributed by atoms with Gasteiger partial charge in [-0.05, 0) is 37.7 Å². The van der Waals surface area contributed by atoms with Gasteiger partial charge in [-0.15, -0.1) is 11.3 Å². The third-order valence-electron chi connectivity index (χ3n) is 4.75. The van der Waals surface area contributed by atoms with Gasteiger partial charge in [0.1, 0.15) is 5.69 Å². The van der Waals surface area contributed by atoms with Gasteiger partial charge in [0, 0.05) is 24.9 Å². The minimum Gasteiger partial charge on any atom is -0.393 e. The smallest absolute Gasteiger partial charge is 0.273 e. The fourth-order valence-corrected chi connectivity index (χ4v) is 3.94. The molecule has 1 fully saturated rings. The van der Waals surface area contributed by atoms with E-state index in [0.717, 1.165) is 30.7 Å². The number of carbonyl (C=O) groups is 1. The predicted molar refractivity (Wildman–Crippen MR) is 96.3 cm³/mol. The molecule has 0 spiro atoms. The Morgan fingerprint density at radius 2 is 2.00 bits per heavy atom. The van der Waals surface area contributed by atoms with Crippen molar-refractivity contribution in [1.82, 2.24) is 9.88 Å². The molecule has 2 aromatic rings. The first kappa shape index (κ1) is 17.1. The first-order valence-electron chi connectivity index (χ1n) is 8.59. The maximum Gasteiger partial charge on any atom is 0.273 e. The van der Waals surface area contributed by atoms with Crippen LogP contribution in [0.25, 0.3) is 0 Å². The van der Waals surface area contributed by atoms with Crippen LogP contribution in [0.2, 0.25) is 0 Å². The number of aliphatic hydroxyl groups excluding tert-OH is 1. The molecule has 2 heterocycles. The molecule has 0 saturated carbocycles. The topological polar surface area (TPSA) is 53.4 Å². The van der Waals surface area contributed by atoms with Crippen LogP contribution in [0.15, 0.2) is 35.7 Å². The highest BCUT2D eigenvalue weighted by molar-refractivity contribution is 7.09. The molecule has 0 aliphatic carbocycles. The number of aryl methyl sites for hydroxylation is 2. The second-order valence-corrected chi connectivity index (χ2v) is 7.42. The minimum absolute atomic E-state index is 0.0289. The summed E-state index contributed by atoms with van der Waals surface area (Å²) in [6.07, 6.45) is 3.27.